The summed E-state index contributed by atoms with van der Waals surface area (Å²) in [5, 5.41) is 12.2. The first-order valence-electron chi connectivity index (χ1n) is 10.1. The Kier molecular flexibility index (Phi) is 5.52. The lowest BCUT2D eigenvalue weighted by molar-refractivity contribution is -0.126. The summed E-state index contributed by atoms with van der Waals surface area (Å²) < 4.78 is 6.11. The minimum Gasteiger partial charge on any atom is -0.504 e. The molecule has 0 saturated carbocycles. The minimum absolute atomic E-state index is 0.0277. The van der Waals surface area contributed by atoms with Crippen molar-refractivity contribution in [3.63, 3.8) is 0 Å². The van der Waals surface area contributed by atoms with Crippen LogP contribution in [0, 0.1) is 5.92 Å². The second kappa shape index (κ2) is 8.37. The van der Waals surface area contributed by atoms with Crippen molar-refractivity contribution < 1.29 is 24.3 Å². The quantitative estimate of drug-likeness (QED) is 0.486. The van der Waals surface area contributed by atoms with Gasteiger partial charge in [0.1, 0.15) is 5.92 Å². The van der Waals surface area contributed by atoms with E-state index in [2.05, 4.69) is 15.9 Å². The Morgan fingerprint density at radius 1 is 0.970 bits per heavy atom. The number of benzene rings is 3. The van der Waals surface area contributed by atoms with E-state index in [4.69, 9.17) is 21.2 Å². The highest BCUT2D eigenvalue weighted by Crippen LogP contribution is 2.48. The van der Waals surface area contributed by atoms with Crippen molar-refractivity contribution in [3.05, 3.63) is 81.8 Å². The van der Waals surface area contributed by atoms with Crippen LogP contribution >= 0.6 is 27.5 Å². The van der Waals surface area contributed by atoms with Crippen molar-refractivity contribution in [1.82, 2.24) is 0 Å². The second-order valence-electron chi connectivity index (χ2n) is 7.72. The summed E-state index contributed by atoms with van der Waals surface area (Å²) in [4.78, 5) is 34.2. The molecule has 2 aliphatic heterocycles. The number of aromatic hydroxyl groups is 1. The zero-order chi connectivity index (χ0) is 23.3. The number of carbonyl (C=O) groups excluding carboxylic acids is 2. The van der Waals surface area contributed by atoms with Crippen LogP contribution in [0.25, 0.3) is 0 Å². The third kappa shape index (κ3) is 3.64. The molecule has 3 aromatic rings. The molecule has 3 aromatic carbocycles. The molecule has 9 heteroatoms. The SMILES string of the molecule is COc1cc([C@@H]2[C@@H]3C(=O)N(c4ccc(Br)cc4)C(=O)[C@H]3ON2c2ccc(Cl)cc2)ccc1O. The molecule has 0 spiro atoms. The van der Waals surface area contributed by atoms with Gasteiger partial charge in [-0.1, -0.05) is 33.6 Å². The van der Waals surface area contributed by atoms with Crippen LogP contribution < -0.4 is 14.7 Å². The van der Waals surface area contributed by atoms with Crippen molar-refractivity contribution in [3.8, 4) is 11.5 Å². The van der Waals surface area contributed by atoms with Crippen molar-refractivity contribution in [1.29, 1.82) is 0 Å². The smallest absolute Gasteiger partial charge is 0.266 e. The van der Waals surface area contributed by atoms with Gasteiger partial charge < -0.3 is 9.84 Å². The lowest BCUT2D eigenvalue weighted by Crippen LogP contribution is -2.37. The number of imide groups is 1. The normalized spacial score (nSPS) is 22.1. The van der Waals surface area contributed by atoms with Gasteiger partial charge in [-0.3, -0.25) is 14.4 Å². The van der Waals surface area contributed by atoms with E-state index in [1.165, 1.54) is 18.1 Å². The van der Waals surface area contributed by atoms with Crippen molar-refractivity contribution in [2.75, 3.05) is 17.1 Å². The van der Waals surface area contributed by atoms with E-state index in [0.717, 1.165) is 4.47 Å². The second-order valence-corrected chi connectivity index (χ2v) is 9.07. The zero-order valence-electron chi connectivity index (χ0n) is 17.3. The van der Waals surface area contributed by atoms with E-state index in [0.29, 0.717) is 22.0 Å². The van der Waals surface area contributed by atoms with Gasteiger partial charge in [-0.25, -0.2) is 9.96 Å². The van der Waals surface area contributed by atoms with Gasteiger partial charge in [-0.15, -0.1) is 0 Å². The van der Waals surface area contributed by atoms with Crippen molar-refractivity contribution >= 4 is 50.7 Å². The molecule has 2 saturated heterocycles. The number of methoxy groups -OCH3 is 1. The van der Waals surface area contributed by atoms with E-state index >= 15 is 0 Å². The highest BCUT2D eigenvalue weighted by Gasteiger charge is 2.60. The maximum absolute atomic E-state index is 13.6. The van der Waals surface area contributed by atoms with Gasteiger partial charge in [-0.2, -0.15) is 0 Å². The van der Waals surface area contributed by atoms with Gasteiger partial charge in [-0.05, 0) is 66.2 Å². The summed E-state index contributed by atoms with van der Waals surface area (Å²) in [7, 11) is 1.45. The average molecular weight is 530 g/mol. The van der Waals surface area contributed by atoms with E-state index < -0.39 is 24.0 Å². The summed E-state index contributed by atoms with van der Waals surface area (Å²) in [6.45, 7) is 0. The van der Waals surface area contributed by atoms with Gasteiger partial charge in [0.25, 0.3) is 5.91 Å². The van der Waals surface area contributed by atoms with Crippen LogP contribution in [-0.4, -0.2) is 30.1 Å². The molecule has 2 fully saturated rings. The molecule has 3 atom stereocenters. The highest BCUT2D eigenvalue weighted by atomic mass is 79.9. The largest absolute Gasteiger partial charge is 0.504 e. The summed E-state index contributed by atoms with van der Waals surface area (Å²) in [5.74, 6) is -1.36. The number of carbonyl (C=O) groups is 2. The molecular formula is C24H18BrClN2O5. The molecule has 0 bridgehead atoms. The molecule has 168 valence electrons. The molecule has 0 aromatic heterocycles. The molecule has 2 aliphatic rings. The Balaban J connectivity index is 1.60. The minimum atomic E-state index is -0.998. The summed E-state index contributed by atoms with van der Waals surface area (Å²) in [6.07, 6.45) is -0.998. The van der Waals surface area contributed by atoms with Crippen molar-refractivity contribution in [2.45, 2.75) is 12.1 Å². The van der Waals surface area contributed by atoms with Gasteiger partial charge in [0.2, 0.25) is 5.91 Å². The number of hydrogen-bond donors (Lipinski definition) is 1. The molecule has 33 heavy (non-hydrogen) atoms. The Hall–Kier alpha value is -3.07. The average Bonchev–Trinajstić information content (AvgIpc) is 3.32. The number of phenols is 1. The molecule has 1 N–H and O–H groups in total. The summed E-state index contributed by atoms with van der Waals surface area (Å²) in [5.41, 5.74) is 1.78. The Bertz CT molecular complexity index is 1230. The predicted octanol–water partition coefficient (Wildman–Crippen LogP) is 4.87. The standard InChI is InChI=1S/C24H18BrClN2O5/c1-32-19-12-13(2-11-18(19)29)21-20-22(33-28(21)17-9-5-15(26)6-10-17)24(31)27(23(20)30)16-7-3-14(25)4-8-16/h2-12,20-22,29H,1H3/t20-,21+,22-/m0/s1. The van der Waals surface area contributed by atoms with Crippen LogP contribution in [0.15, 0.2) is 71.2 Å². The number of anilines is 2. The molecule has 7 nitrogen and oxygen atoms in total. The van der Waals surface area contributed by atoms with E-state index in [1.807, 2.05) is 0 Å². The van der Waals surface area contributed by atoms with Crippen molar-refractivity contribution in [2.24, 2.45) is 5.92 Å². The Morgan fingerprint density at radius 2 is 1.64 bits per heavy atom. The predicted molar refractivity (Wildman–Crippen MR) is 126 cm³/mol. The fourth-order valence-electron chi connectivity index (χ4n) is 4.29. The summed E-state index contributed by atoms with van der Waals surface area (Å²) in [6, 6.07) is 18.1. The molecule has 5 rings (SSSR count). The van der Waals surface area contributed by atoms with E-state index in [1.54, 1.807) is 65.7 Å². The fraction of sp³-hybridized carbons (Fsp3) is 0.167. The number of halogens is 2. The molecule has 0 radical (unpaired) electrons. The maximum Gasteiger partial charge on any atom is 0.266 e. The van der Waals surface area contributed by atoms with E-state index in [9.17, 15) is 14.7 Å². The number of hydroxylamine groups is 1. The third-order valence-corrected chi connectivity index (χ3v) is 6.61. The van der Waals surface area contributed by atoms with Gasteiger partial charge in [0.15, 0.2) is 17.6 Å². The first-order valence-corrected chi connectivity index (χ1v) is 11.3. The fourth-order valence-corrected chi connectivity index (χ4v) is 4.68. The van der Waals surface area contributed by atoms with Crippen LogP contribution in [0.1, 0.15) is 11.6 Å². The number of ether oxygens (including phenoxy) is 1. The first-order chi connectivity index (χ1) is 15.9. The van der Waals surface area contributed by atoms with Crippen LogP contribution in [0.5, 0.6) is 11.5 Å². The number of phenolic OH excluding ortho intramolecular Hbond substituents is 1. The molecule has 2 amide bonds. The van der Waals surface area contributed by atoms with Gasteiger partial charge in [0, 0.05) is 9.50 Å². The summed E-state index contributed by atoms with van der Waals surface area (Å²) >= 11 is 9.42. The molecule has 2 heterocycles. The third-order valence-electron chi connectivity index (χ3n) is 5.83. The van der Waals surface area contributed by atoms with Crippen LogP contribution in [0.2, 0.25) is 5.02 Å². The number of nitrogens with zero attached hydrogens (tertiary/aromatic N) is 2. The van der Waals surface area contributed by atoms with Gasteiger partial charge >= 0.3 is 0 Å². The Morgan fingerprint density at radius 3 is 2.30 bits per heavy atom. The highest BCUT2D eigenvalue weighted by molar-refractivity contribution is 9.10. The number of hydrogen-bond acceptors (Lipinski definition) is 6. The lowest BCUT2D eigenvalue weighted by Gasteiger charge is -2.29. The van der Waals surface area contributed by atoms with E-state index in [-0.39, 0.29) is 17.4 Å². The topological polar surface area (TPSA) is 79.3 Å². The molecule has 0 unspecified atom stereocenters. The van der Waals surface area contributed by atoms with Crippen LogP contribution in [0.4, 0.5) is 11.4 Å². The number of fused-ring (bicyclic) bond motifs is 1. The zero-order valence-corrected chi connectivity index (χ0v) is 19.7. The lowest BCUT2D eigenvalue weighted by atomic mass is 9.90. The first kappa shape index (κ1) is 21.8. The monoisotopic (exact) mass is 528 g/mol. The number of rotatable bonds is 4. The number of amides is 2. The molecular weight excluding hydrogens is 512 g/mol. The van der Waals surface area contributed by atoms with Crippen LogP contribution in [0.3, 0.4) is 0 Å². The maximum atomic E-state index is 13.6. The molecule has 0 aliphatic carbocycles. The van der Waals surface area contributed by atoms with Crippen LogP contribution in [-0.2, 0) is 14.4 Å². The van der Waals surface area contributed by atoms with Gasteiger partial charge in [0.05, 0.1) is 24.5 Å². The Labute approximate surface area is 203 Å².